The summed E-state index contributed by atoms with van der Waals surface area (Å²) in [6, 6.07) is 9.27. The van der Waals surface area contributed by atoms with Crippen LogP contribution in [0, 0.1) is 0 Å². The van der Waals surface area contributed by atoms with Crippen LogP contribution in [-0.2, 0) is 14.3 Å². The molecule has 4 heteroatoms. The Kier molecular flexibility index (Phi) is 3.93. The normalized spacial score (nSPS) is 22.7. The van der Waals surface area contributed by atoms with E-state index in [4.69, 9.17) is 21.1 Å². The monoisotopic (exact) mass is 240 g/mol. The minimum absolute atomic E-state index is 0.132. The van der Waals surface area contributed by atoms with Crippen LogP contribution in [0.5, 0.6) is 0 Å². The van der Waals surface area contributed by atoms with E-state index in [1.54, 1.807) is 0 Å². The van der Waals surface area contributed by atoms with Crippen LogP contribution in [-0.4, -0.2) is 31.7 Å². The summed E-state index contributed by atoms with van der Waals surface area (Å²) in [7, 11) is 0. The van der Waals surface area contributed by atoms with Crippen molar-refractivity contribution < 1.29 is 14.3 Å². The highest BCUT2D eigenvalue weighted by Gasteiger charge is 2.29. The van der Waals surface area contributed by atoms with Gasteiger partial charge in [0.25, 0.3) is 0 Å². The zero-order valence-electron chi connectivity index (χ0n) is 8.77. The van der Waals surface area contributed by atoms with Crippen LogP contribution < -0.4 is 0 Å². The second-order valence-electron chi connectivity index (χ2n) is 3.61. The Morgan fingerprint density at radius 1 is 1.31 bits per heavy atom. The van der Waals surface area contributed by atoms with Crippen LogP contribution >= 0.6 is 11.6 Å². The molecule has 0 bridgehead atoms. The third kappa shape index (κ3) is 2.61. The van der Waals surface area contributed by atoms with Crippen molar-refractivity contribution in [1.82, 2.24) is 0 Å². The second kappa shape index (κ2) is 5.43. The number of alkyl halides is 1. The molecule has 0 spiro atoms. The number of hydrogen-bond donors (Lipinski definition) is 0. The molecule has 0 aliphatic carbocycles. The van der Waals surface area contributed by atoms with Crippen molar-refractivity contribution in [3.05, 3.63) is 35.9 Å². The molecule has 1 aliphatic heterocycles. The molecule has 2 unspecified atom stereocenters. The van der Waals surface area contributed by atoms with E-state index >= 15 is 0 Å². The van der Waals surface area contributed by atoms with Gasteiger partial charge in [0.05, 0.1) is 19.8 Å². The minimum atomic E-state index is -0.659. The third-order valence-electron chi connectivity index (χ3n) is 2.48. The molecule has 0 N–H and O–H groups in total. The zero-order chi connectivity index (χ0) is 11.4. The highest BCUT2D eigenvalue weighted by atomic mass is 35.5. The summed E-state index contributed by atoms with van der Waals surface area (Å²) in [4.78, 5) is 12.0. The summed E-state index contributed by atoms with van der Waals surface area (Å²) < 4.78 is 10.5. The first-order valence-corrected chi connectivity index (χ1v) is 5.65. The fourth-order valence-electron chi connectivity index (χ4n) is 1.60. The fourth-order valence-corrected chi connectivity index (χ4v) is 1.89. The van der Waals surface area contributed by atoms with Gasteiger partial charge in [0.1, 0.15) is 11.5 Å². The Bertz CT molecular complexity index is 347. The predicted molar refractivity (Wildman–Crippen MR) is 60.6 cm³/mol. The maximum Gasteiger partial charge on any atom is 0.186 e. The van der Waals surface area contributed by atoms with Crippen molar-refractivity contribution >= 4 is 17.4 Å². The number of rotatable bonds is 3. The lowest BCUT2D eigenvalue weighted by atomic mass is 10.0. The maximum absolute atomic E-state index is 12.0. The number of carbonyl (C=O) groups is 1. The van der Waals surface area contributed by atoms with Crippen LogP contribution in [0.4, 0.5) is 0 Å². The van der Waals surface area contributed by atoms with Gasteiger partial charge in [0.15, 0.2) is 5.78 Å². The molecular formula is C12H13ClO3. The van der Waals surface area contributed by atoms with E-state index in [0.717, 1.165) is 5.56 Å². The van der Waals surface area contributed by atoms with Gasteiger partial charge in [0, 0.05) is 0 Å². The number of carbonyl (C=O) groups excluding carboxylic acids is 1. The topological polar surface area (TPSA) is 35.5 Å². The molecule has 1 fully saturated rings. The molecule has 1 aromatic rings. The van der Waals surface area contributed by atoms with Gasteiger partial charge in [-0.15, -0.1) is 11.6 Å². The molecule has 0 saturated carbocycles. The SMILES string of the molecule is O=C(C1COCCO1)C(Cl)c1ccccc1. The van der Waals surface area contributed by atoms with E-state index in [1.807, 2.05) is 30.3 Å². The molecule has 3 nitrogen and oxygen atoms in total. The van der Waals surface area contributed by atoms with E-state index in [2.05, 4.69) is 0 Å². The van der Waals surface area contributed by atoms with Crippen molar-refractivity contribution in [2.24, 2.45) is 0 Å². The predicted octanol–water partition coefficient (Wildman–Crippen LogP) is 1.95. The van der Waals surface area contributed by atoms with Crippen molar-refractivity contribution in [1.29, 1.82) is 0 Å². The molecule has 0 amide bonds. The van der Waals surface area contributed by atoms with E-state index in [-0.39, 0.29) is 5.78 Å². The molecule has 2 rings (SSSR count). The minimum Gasteiger partial charge on any atom is -0.376 e. The Morgan fingerprint density at radius 2 is 2.06 bits per heavy atom. The number of ketones is 1. The average molecular weight is 241 g/mol. The lowest BCUT2D eigenvalue weighted by Crippen LogP contribution is -2.37. The van der Waals surface area contributed by atoms with Gasteiger partial charge >= 0.3 is 0 Å². The van der Waals surface area contributed by atoms with E-state index in [9.17, 15) is 4.79 Å². The second-order valence-corrected chi connectivity index (χ2v) is 4.05. The molecule has 1 heterocycles. The Morgan fingerprint density at radius 3 is 2.69 bits per heavy atom. The first-order valence-electron chi connectivity index (χ1n) is 5.21. The molecule has 86 valence electrons. The third-order valence-corrected chi connectivity index (χ3v) is 2.94. The van der Waals surface area contributed by atoms with Crippen LogP contribution in [0.3, 0.4) is 0 Å². The molecule has 1 aliphatic rings. The number of Topliss-reactive ketones (excluding diaryl/α,β-unsaturated/α-hetero) is 1. The van der Waals surface area contributed by atoms with Crippen molar-refractivity contribution in [2.75, 3.05) is 19.8 Å². The van der Waals surface area contributed by atoms with E-state index < -0.39 is 11.5 Å². The smallest absolute Gasteiger partial charge is 0.186 e. The van der Waals surface area contributed by atoms with Crippen LogP contribution in [0.25, 0.3) is 0 Å². The summed E-state index contributed by atoms with van der Waals surface area (Å²) in [6.45, 7) is 1.30. The summed E-state index contributed by atoms with van der Waals surface area (Å²) in [5.74, 6) is -0.132. The van der Waals surface area contributed by atoms with Gasteiger partial charge in [0.2, 0.25) is 0 Å². The van der Waals surface area contributed by atoms with Crippen LogP contribution in [0.2, 0.25) is 0 Å². The summed E-state index contributed by atoms with van der Waals surface area (Å²) in [6.07, 6.45) is -0.531. The van der Waals surface area contributed by atoms with Crippen LogP contribution in [0.1, 0.15) is 10.9 Å². The number of halogens is 1. The largest absolute Gasteiger partial charge is 0.376 e. The summed E-state index contributed by atoms with van der Waals surface area (Å²) in [5, 5.41) is -0.659. The molecular weight excluding hydrogens is 228 g/mol. The van der Waals surface area contributed by atoms with Gasteiger partial charge in [-0.25, -0.2) is 0 Å². The quantitative estimate of drug-likeness (QED) is 0.758. The molecule has 2 atom stereocenters. The zero-order valence-corrected chi connectivity index (χ0v) is 9.52. The number of benzene rings is 1. The fraction of sp³-hybridized carbons (Fsp3) is 0.417. The highest BCUT2D eigenvalue weighted by molar-refractivity contribution is 6.31. The van der Waals surface area contributed by atoms with Gasteiger partial charge in [-0.1, -0.05) is 30.3 Å². The number of ether oxygens (including phenoxy) is 2. The maximum atomic E-state index is 12.0. The van der Waals surface area contributed by atoms with E-state index in [0.29, 0.717) is 19.8 Å². The molecule has 1 aromatic carbocycles. The van der Waals surface area contributed by atoms with Crippen molar-refractivity contribution in [2.45, 2.75) is 11.5 Å². The highest BCUT2D eigenvalue weighted by Crippen LogP contribution is 2.24. The van der Waals surface area contributed by atoms with Gasteiger partial charge in [-0.3, -0.25) is 4.79 Å². The van der Waals surface area contributed by atoms with Gasteiger partial charge in [-0.2, -0.15) is 0 Å². The Hall–Kier alpha value is -0.900. The standard InChI is InChI=1S/C12H13ClO3/c13-11(9-4-2-1-3-5-9)12(14)10-8-15-6-7-16-10/h1-5,10-11H,6-8H2. The first kappa shape index (κ1) is 11.6. The molecule has 1 saturated heterocycles. The first-order chi connectivity index (χ1) is 7.79. The van der Waals surface area contributed by atoms with E-state index in [1.165, 1.54) is 0 Å². The lowest BCUT2D eigenvalue weighted by Gasteiger charge is -2.23. The van der Waals surface area contributed by atoms with Crippen molar-refractivity contribution in [3.63, 3.8) is 0 Å². The van der Waals surface area contributed by atoms with Gasteiger partial charge < -0.3 is 9.47 Å². The van der Waals surface area contributed by atoms with Crippen molar-refractivity contribution in [3.8, 4) is 0 Å². The Balaban J connectivity index is 2.04. The molecule has 16 heavy (non-hydrogen) atoms. The summed E-state index contributed by atoms with van der Waals surface area (Å²) >= 11 is 6.10. The van der Waals surface area contributed by atoms with Crippen LogP contribution in [0.15, 0.2) is 30.3 Å². The summed E-state index contributed by atoms with van der Waals surface area (Å²) in [5.41, 5.74) is 0.795. The number of hydrogen-bond acceptors (Lipinski definition) is 3. The lowest BCUT2D eigenvalue weighted by molar-refractivity contribution is -0.145. The average Bonchev–Trinajstić information content (AvgIpc) is 2.39. The Labute approximate surface area is 99.3 Å². The van der Waals surface area contributed by atoms with Gasteiger partial charge in [-0.05, 0) is 5.56 Å². The molecule has 0 radical (unpaired) electrons. The molecule has 0 aromatic heterocycles.